The lowest BCUT2D eigenvalue weighted by atomic mass is 9.98. The Bertz CT molecular complexity index is 950. The van der Waals surface area contributed by atoms with E-state index < -0.39 is 5.97 Å². The zero-order valence-electron chi connectivity index (χ0n) is 18.1. The highest BCUT2D eigenvalue weighted by molar-refractivity contribution is 6.00. The van der Waals surface area contributed by atoms with E-state index in [0.717, 1.165) is 11.1 Å². The topological polar surface area (TPSA) is 90.1 Å². The smallest absolute Gasteiger partial charge is 0.340 e. The van der Waals surface area contributed by atoms with Gasteiger partial charge >= 0.3 is 5.97 Å². The molecule has 1 N–H and O–H groups in total. The number of aromatic amines is 1. The summed E-state index contributed by atoms with van der Waals surface area (Å²) < 4.78 is 20.9. The summed E-state index contributed by atoms with van der Waals surface area (Å²) in [5, 5.41) is 0. The Morgan fingerprint density at radius 3 is 2.33 bits per heavy atom. The van der Waals surface area contributed by atoms with Crippen LogP contribution in [0.4, 0.5) is 0 Å². The number of esters is 1. The zero-order valence-corrected chi connectivity index (χ0v) is 18.1. The molecule has 1 aliphatic heterocycles. The summed E-state index contributed by atoms with van der Waals surface area (Å²) in [4.78, 5) is 30.5. The minimum Gasteiger partial charge on any atom is -0.493 e. The van der Waals surface area contributed by atoms with Crippen molar-refractivity contribution in [2.45, 2.75) is 26.8 Å². The lowest BCUT2D eigenvalue weighted by Crippen LogP contribution is -2.36. The molecule has 8 heteroatoms. The summed E-state index contributed by atoms with van der Waals surface area (Å²) in [7, 11) is 4.74. The minimum absolute atomic E-state index is 0.146. The Morgan fingerprint density at radius 2 is 1.70 bits per heavy atom. The summed E-state index contributed by atoms with van der Waals surface area (Å²) in [5.41, 5.74) is 4.18. The second-order valence-corrected chi connectivity index (χ2v) is 7.21. The Morgan fingerprint density at radius 1 is 1.03 bits per heavy atom. The molecule has 2 heterocycles. The maximum Gasteiger partial charge on any atom is 0.340 e. The number of carbonyl (C=O) groups excluding carboxylic acids is 2. The van der Waals surface area contributed by atoms with Gasteiger partial charge in [0.25, 0.3) is 5.91 Å². The molecule has 8 nitrogen and oxygen atoms in total. The number of amides is 1. The van der Waals surface area contributed by atoms with E-state index in [4.69, 9.17) is 18.9 Å². The second kappa shape index (κ2) is 9.21. The van der Waals surface area contributed by atoms with Gasteiger partial charge in [0, 0.05) is 25.9 Å². The third-order valence-electron chi connectivity index (χ3n) is 5.38. The first-order valence-corrected chi connectivity index (χ1v) is 9.79. The third kappa shape index (κ3) is 4.14. The molecule has 1 amide bonds. The number of benzene rings is 1. The third-order valence-corrected chi connectivity index (χ3v) is 5.38. The van der Waals surface area contributed by atoms with Gasteiger partial charge < -0.3 is 28.8 Å². The van der Waals surface area contributed by atoms with E-state index in [-0.39, 0.29) is 12.5 Å². The van der Waals surface area contributed by atoms with Crippen molar-refractivity contribution in [3.05, 3.63) is 45.8 Å². The van der Waals surface area contributed by atoms with Gasteiger partial charge in [-0.25, -0.2) is 4.79 Å². The fourth-order valence-corrected chi connectivity index (χ4v) is 3.77. The molecule has 1 aliphatic rings. The van der Waals surface area contributed by atoms with Gasteiger partial charge in [0.2, 0.25) is 0 Å². The van der Waals surface area contributed by atoms with E-state index in [1.807, 2.05) is 12.1 Å². The Labute approximate surface area is 176 Å². The molecular formula is C22H28N2O6. The summed E-state index contributed by atoms with van der Waals surface area (Å²) in [6, 6.07) is 3.88. The first kappa shape index (κ1) is 21.7. The van der Waals surface area contributed by atoms with E-state index in [1.54, 1.807) is 40.1 Å². The number of ether oxygens (including phenoxy) is 4. The number of nitrogens with one attached hydrogen (secondary N) is 1. The lowest BCUT2D eigenvalue weighted by molar-refractivity contribution is 0.0387. The molecule has 0 bridgehead atoms. The van der Waals surface area contributed by atoms with Crippen molar-refractivity contribution in [3.63, 3.8) is 0 Å². The Balaban J connectivity index is 1.81. The van der Waals surface area contributed by atoms with E-state index >= 15 is 0 Å². The molecule has 0 radical (unpaired) electrons. The van der Waals surface area contributed by atoms with Gasteiger partial charge in [-0.1, -0.05) is 0 Å². The molecule has 0 fully saturated rings. The highest BCUT2D eigenvalue weighted by Crippen LogP contribution is 2.33. The molecular weight excluding hydrogens is 388 g/mol. The van der Waals surface area contributed by atoms with E-state index in [9.17, 15) is 9.59 Å². The number of nitrogens with zero attached hydrogens (tertiary/aromatic N) is 1. The van der Waals surface area contributed by atoms with Crippen LogP contribution in [0, 0.1) is 13.8 Å². The summed E-state index contributed by atoms with van der Waals surface area (Å²) >= 11 is 0. The second-order valence-electron chi connectivity index (χ2n) is 7.21. The summed E-state index contributed by atoms with van der Waals surface area (Å²) in [6.07, 6.45) is 0.714. The predicted molar refractivity (Wildman–Crippen MR) is 110 cm³/mol. The molecule has 0 spiro atoms. The van der Waals surface area contributed by atoms with Gasteiger partial charge in [-0.15, -0.1) is 0 Å². The number of carbonyl (C=O) groups is 2. The molecule has 0 saturated heterocycles. The molecule has 30 heavy (non-hydrogen) atoms. The first-order chi connectivity index (χ1) is 14.4. The predicted octanol–water partition coefficient (Wildman–Crippen LogP) is 2.65. The van der Waals surface area contributed by atoms with E-state index in [2.05, 4.69) is 4.98 Å². The van der Waals surface area contributed by atoms with Crippen LogP contribution in [0.15, 0.2) is 12.1 Å². The van der Waals surface area contributed by atoms with Crippen molar-refractivity contribution < 1.29 is 28.5 Å². The van der Waals surface area contributed by atoms with Crippen LogP contribution in [0.3, 0.4) is 0 Å². The van der Waals surface area contributed by atoms with Crippen molar-refractivity contribution in [2.75, 3.05) is 41.1 Å². The standard InChI is InChI=1S/C22H28N2O6/c1-13-19(22(26)30-9-8-27-3)14(2)23-20(13)21(25)24-7-6-15-10-17(28-4)18(29-5)11-16(15)12-24/h10-11,23H,6-9,12H2,1-5H3. The number of rotatable bonds is 7. The zero-order chi connectivity index (χ0) is 21.8. The van der Waals surface area contributed by atoms with Gasteiger partial charge in [-0.2, -0.15) is 0 Å². The number of fused-ring (bicyclic) bond motifs is 1. The van der Waals surface area contributed by atoms with Gasteiger partial charge in [0.05, 0.1) is 26.4 Å². The number of methoxy groups -OCH3 is 3. The van der Waals surface area contributed by atoms with Crippen molar-refractivity contribution >= 4 is 11.9 Å². The average Bonchev–Trinajstić information content (AvgIpc) is 3.05. The Kier molecular flexibility index (Phi) is 6.66. The number of aryl methyl sites for hydroxylation is 1. The first-order valence-electron chi connectivity index (χ1n) is 9.79. The normalized spacial score (nSPS) is 13.0. The highest BCUT2D eigenvalue weighted by atomic mass is 16.6. The number of hydrogen-bond donors (Lipinski definition) is 1. The summed E-state index contributed by atoms with van der Waals surface area (Å²) in [6.45, 7) is 5.04. The molecule has 162 valence electrons. The van der Waals surface area contributed by atoms with Crippen LogP contribution in [-0.2, 0) is 22.4 Å². The van der Waals surface area contributed by atoms with Crippen LogP contribution >= 0.6 is 0 Å². The van der Waals surface area contributed by atoms with E-state index in [1.165, 1.54) is 0 Å². The van der Waals surface area contributed by atoms with Crippen LogP contribution in [0.2, 0.25) is 0 Å². The largest absolute Gasteiger partial charge is 0.493 e. The molecule has 0 aliphatic carbocycles. The quantitative estimate of drug-likeness (QED) is 0.551. The van der Waals surface area contributed by atoms with Crippen molar-refractivity contribution in [1.82, 2.24) is 9.88 Å². The molecule has 1 aromatic heterocycles. The van der Waals surface area contributed by atoms with Crippen LogP contribution in [0.1, 0.15) is 43.2 Å². The number of hydrogen-bond acceptors (Lipinski definition) is 6. The van der Waals surface area contributed by atoms with Gasteiger partial charge in [0.1, 0.15) is 12.3 Å². The molecule has 3 rings (SSSR count). The SMILES string of the molecule is COCCOC(=O)c1c(C)[nH]c(C(=O)N2CCc3cc(OC)c(OC)cc3C2)c1C. The van der Waals surface area contributed by atoms with Crippen LogP contribution < -0.4 is 9.47 Å². The molecule has 0 saturated carbocycles. The van der Waals surface area contributed by atoms with E-state index in [0.29, 0.717) is 60.1 Å². The number of H-pyrrole nitrogens is 1. The maximum absolute atomic E-state index is 13.2. The minimum atomic E-state index is -0.460. The average molecular weight is 416 g/mol. The van der Waals surface area contributed by atoms with Gasteiger partial charge in [-0.3, -0.25) is 4.79 Å². The fraction of sp³-hybridized carbons (Fsp3) is 0.455. The molecule has 0 unspecified atom stereocenters. The maximum atomic E-state index is 13.2. The van der Waals surface area contributed by atoms with Crippen LogP contribution in [0.25, 0.3) is 0 Å². The highest BCUT2D eigenvalue weighted by Gasteiger charge is 2.28. The van der Waals surface area contributed by atoms with Crippen molar-refractivity contribution in [2.24, 2.45) is 0 Å². The number of aromatic nitrogens is 1. The van der Waals surface area contributed by atoms with Gasteiger partial charge in [-0.05, 0) is 49.1 Å². The van der Waals surface area contributed by atoms with Gasteiger partial charge in [0.15, 0.2) is 11.5 Å². The molecule has 0 atom stereocenters. The van der Waals surface area contributed by atoms with Crippen LogP contribution in [0.5, 0.6) is 11.5 Å². The Hall–Kier alpha value is -3.00. The lowest BCUT2D eigenvalue weighted by Gasteiger charge is -2.29. The molecule has 2 aromatic rings. The van der Waals surface area contributed by atoms with Crippen LogP contribution in [-0.4, -0.2) is 62.8 Å². The fourth-order valence-electron chi connectivity index (χ4n) is 3.77. The monoisotopic (exact) mass is 416 g/mol. The van der Waals surface area contributed by atoms with Crippen molar-refractivity contribution in [3.8, 4) is 11.5 Å². The summed E-state index contributed by atoms with van der Waals surface area (Å²) in [5.74, 6) is 0.715. The van der Waals surface area contributed by atoms with Crippen molar-refractivity contribution in [1.29, 1.82) is 0 Å². The molecule has 1 aromatic carbocycles.